The molecule has 2 N–H and O–H groups in total. The zero-order chi connectivity index (χ0) is 12.8. The van der Waals surface area contributed by atoms with Gasteiger partial charge < -0.3 is 15.0 Å². The first-order chi connectivity index (χ1) is 8.85. The fraction of sp³-hybridized carbons (Fsp3) is 0.667. The molecule has 0 bridgehead atoms. The van der Waals surface area contributed by atoms with Gasteiger partial charge in [0.2, 0.25) is 0 Å². The maximum absolute atomic E-state index is 5.64. The van der Waals surface area contributed by atoms with Crippen molar-refractivity contribution in [3.05, 3.63) is 18.5 Å². The predicted molar refractivity (Wildman–Crippen MR) is 72.4 cm³/mol. The van der Waals surface area contributed by atoms with Crippen LogP contribution in [-0.2, 0) is 17.8 Å². The number of hydrogen-bond acceptors (Lipinski definition) is 5. The molecule has 1 aliphatic heterocycles. The summed E-state index contributed by atoms with van der Waals surface area (Å²) in [6.45, 7) is 6.71. The number of aromatic nitrogens is 3. The van der Waals surface area contributed by atoms with E-state index in [9.17, 15) is 0 Å². The Balaban J connectivity index is 1.87. The fourth-order valence-corrected chi connectivity index (χ4v) is 3.09. The molecule has 1 aliphatic rings. The Morgan fingerprint density at radius 2 is 2.44 bits per heavy atom. The highest BCUT2D eigenvalue weighted by Gasteiger charge is 2.16. The van der Waals surface area contributed by atoms with E-state index in [-0.39, 0.29) is 0 Å². The molecule has 0 amide bonds. The van der Waals surface area contributed by atoms with Gasteiger partial charge in [0, 0.05) is 25.5 Å². The average molecular weight is 268 g/mol. The first-order valence-electron chi connectivity index (χ1n) is 6.28. The Bertz CT molecular complexity index is 387. The Morgan fingerprint density at radius 1 is 1.56 bits per heavy atom. The van der Waals surface area contributed by atoms with Gasteiger partial charge in [0.15, 0.2) is 5.16 Å². The van der Waals surface area contributed by atoms with Crippen molar-refractivity contribution in [1.82, 2.24) is 14.8 Å². The van der Waals surface area contributed by atoms with E-state index in [2.05, 4.69) is 16.8 Å². The number of hydrogen-bond donors (Lipinski definition) is 1. The molecular formula is C12H20N4OS. The fourth-order valence-electron chi connectivity index (χ4n) is 2.02. The highest BCUT2D eigenvalue weighted by atomic mass is 32.2. The van der Waals surface area contributed by atoms with Gasteiger partial charge in [-0.2, -0.15) is 0 Å². The van der Waals surface area contributed by atoms with Crippen LogP contribution in [0.1, 0.15) is 18.7 Å². The molecule has 2 rings (SSSR count). The van der Waals surface area contributed by atoms with Crippen LogP contribution >= 0.6 is 11.8 Å². The number of ether oxygens (including phenoxy) is 1. The quantitative estimate of drug-likeness (QED) is 0.599. The number of rotatable bonds is 7. The van der Waals surface area contributed by atoms with E-state index in [1.807, 2.05) is 10.6 Å². The van der Waals surface area contributed by atoms with Crippen molar-refractivity contribution >= 4 is 11.8 Å². The molecule has 1 aromatic heterocycles. The summed E-state index contributed by atoms with van der Waals surface area (Å²) < 4.78 is 7.40. The maximum Gasteiger partial charge on any atom is 0.191 e. The Kier molecular flexibility index (Phi) is 5.22. The summed E-state index contributed by atoms with van der Waals surface area (Å²) in [4.78, 5) is 0. The number of thioether (sulfide) groups is 1. The van der Waals surface area contributed by atoms with Gasteiger partial charge >= 0.3 is 0 Å². The molecule has 0 aliphatic carbocycles. The van der Waals surface area contributed by atoms with Gasteiger partial charge in [-0.1, -0.05) is 17.8 Å². The summed E-state index contributed by atoms with van der Waals surface area (Å²) in [6.07, 6.45) is 4.20. The number of nitrogens with two attached hydrogens (primary N) is 1. The van der Waals surface area contributed by atoms with Crippen molar-refractivity contribution in [3.8, 4) is 0 Å². The van der Waals surface area contributed by atoms with Crippen LogP contribution in [0.3, 0.4) is 0 Å². The van der Waals surface area contributed by atoms with Crippen LogP contribution in [0.5, 0.6) is 0 Å². The minimum Gasteiger partial charge on any atom is -0.381 e. The largest absolute Gasteiger partial charge is 0.381 e. The first-order valence-corrected chi connectivity index (χ1v) is 7.27. The predicted octanol–water partition coefficient (Wildman–Crippen LogP) is 1.44. The molecule has 0 radical (unpaired) electrons. The summed E-state index contributed by atoms with van der Waals surface area (Å²) in [5.74, 6) is 2.58. The van der Waals surface area contributed by atoms with Crippen molar-refractivity contribution in [3.63, 3.8) is 0 Å². The average Bonchev–Trinajstić information content (AvgIpc) is 3.00. The lowest BCUT2D eigenvalue weighted by Gasteiger charge is -2.08. The molecule has 0 saturated carbocycles. The molecule has 6 heteroatoms. The van der Waals surface area contributed by atoms with Crippen LogP contribution in [0, 0.1) is 5.92 Å². The van der Waals surface area contributed by atoms with Crippen LogP contribution in [0.4, 0.5) is 0 Å². The molecule has 0 unspecified atom stereocenters. The van der Waals surface area contributed by atoms with E-state index in [1.54, 1.807) is 11.8 Å². The Morgan fingerprint density at radius 3 is 3.11 bits per heavy atom. The Hall–Kier alpha value is -0.850. The second-order valence-corrected chi connectivity index (χ2v) is 5.43. The zero-order valence-electron chi connectivity index (χ0n) is 10.5. The third-order valence-electron chi connectivity index (χ3n) is 3.07. The lowest BCUT2D eigenvalue weighted by molar-refractivity contribution is 0.185. The van der Waals surface area contributed by atoms with Gasteiger partial charge in [0.1, 0.15) is 5.82 Å². The van der Waals surface area contributed by atoms with Crippen LogP contribution in [0.15, 0.2) is 17.8 Å². The van der Waals surface area contributed by atoms with Crippen LogP contribution < -0.4 is 5.73 Å². The van der Waals surface area contributed by atoms with Crippen molar-refractivity contribution in [2.45, 2.75) is 31.1 Å². The van der Waals surface area contributed by atoms with Crippen LogP contribution in [0.2, 0.25) is 0 Å². The third kappa shape index (κ3) is 3.34. The molecule has 100 valence electrons. The lowest BCUT2D eigenvalue weighted by atomic mass is 10.1. The molecule has 0 spiro atoms. The zero-order valence-corrected chi connectivity index (χ0v) is 11.4. The van der Waals surface area contributed by atoms with Crippen molar-refractivity contribution < 1.29 is 4.74 Å². The lowest BCUT2D eigenvalue weighted by Crippen LogP contribution is -2.09. The number of allylic oxidation sites excluding steroid dienone is 1. The first kappa shape index (κ1) is 13.6. The van der Waals surface area contributed by atoms with E-state index in [0.717, 1.165) is 29.9 Å². The number of nitrogens with zero attached hydrogens (tertiary/aromatic N) is 3. The van der Waals surface area contributed by atoms with E-state index in [1.165, 1.54) is 12.8 Å². The third-order valence-corrected chi connectivity index (χ3v) is 4.07. The summed E-state index contributed by atoms with van der Waals surface area (Å²) in [5.41, 5.74) is 5.64. The molecule has 1 aromatic rings. The highest BCUT2D eigenvalue weighted by Crippen LogP contribution is 2.23. The van der Waals surface area contributed by atoms with Gasteiger partial charge in [-0.25, -0.2) is 0 Å². The van der Waals surface area contributed by atoms with Gasteiger partial charge in [0.25, 0.3) is 0 Å². The minimum absolute atomic E-state index is 0.415. The van der Waals surface area contributed by atoms with E-state index in [0.29, 0.717) is 19.0 Å². The smallest absolute Gasteiger partial charge is 0.191 e. The molecule has 1 atom stereocenters. The van der Waals surface area contributed by atoms with Gasteiger partial charge in [0.05, 0.1) is 6.54 Å². The van der Waals surface area contributed by atoms with Gasteiger partial charge in [-0.3, -0.25) is 0 Å². The normalized spacial score (nSPS) is 19.3. The second kappa shape index (κ2) is 6.92. The van der Waals surface area contributed by atoms with Gasteiger partial charge in [-0.05, 0) is 18.8 Å². The summed E-state index contributed by atoms with van der Waals surface area (Å²) in [5, 5.41) is 9.22. The van der Waals surface area contributed by atoms with Crippen LogP contribution in [0.25, 0.3) is 0 Å². The summed E-state index contributed by atoms with van der Waals surface area (Å²) in [6, 6.07) is 0. The maximum atomic E-state index is 5.64. The van der Waals surface area contributed by atoms with E-state index in [4.69, 9.17) is 10.5 Å². The second-order valence-electron chi connectivity index (χ2n) is 4.37. The summed E-state index contributed by atoms with van der Waals surface area (Å²) in [7, 11) is 0. The molecule has 18 heavy (non-hydrogen) atoms. The molecular weight excluding hydrogens is 248 g/mol. The minimum atomic E-state index is 0.415. The van der Waals surface area contributed by atoms with E-state index < -0.39 is 0 Å². The SMILES string of the molecule is C=CCn1c(CN)nnc1SCC[C@H]1CCOC1. The molecule has 2 heterocycles. The Labute approximate surface area is 112 Å². The van der Waals surface area contributed by atoms with Crippen molar-refractivity contribution in [1.29, 1.82) is 0 Å². The van der Waals surface area contributed by atoms with Gasteiger partial charge in [-0.15, -0.1) is 16.8 Å². The molecule has 5 nitrogen and oxygen atoms in total. The van der Waals surface area contributed by atoms with Crippen LogP contribution in [-0.4, -0.2) is 33.7 Å². The highest BCUT2D eigenvalue weighted by molar-refractivity contribution is 7.99. The van der Waals surface area contributed by atoms with Crippen molar-refractivity contribution in [2.24, 2.45) is 11.7 Å². The standard InChI is InChI=1S/C12H20N4OS/c1-2-5-16-11(8-13)14-15-12(16)18-7-4-10-3-6-17-9-10/h2,10H,1,3-9,13H2/t10-/m1/s1. The molecule has 1 fully saturated rings. The van der Waals surface area contributed by atoms with Crippen molar-refractivity contribution in [2.75, 3.05) is 19.0 Å². The molecule has 1 saturated heterocycles. The topological polar surface area (TPSA) is 66.0 Å². The summed E-state index contributed by atoms with van der Waals surface area (Å²) >= 11 is 1.74. The van der Waals surface area contributed by atoms with E-state index >= 15 is 0 Å². The monoisotopic (exact) mass is 268 g/mol. The molecule has 0 aromatic carbocycles.